The molecule has 2 atom stereocenters. The van der Waals surface area contributed by atoms with Crippen LogP contribution in [0.15, 0.2) is 6.08 Å². The lowest BCUT2D eigenvalue weighted by molar-refractivity contribution is -0.171. The molecule has 2 heterocycles. The third kappa shape index (κ3) is 6.65. The van der Waals surface area contributed by atoms with E-state index in [0.29, 0.717) is 11.3 Å². The van der Waals surface area contributed by atoms with E-state index in [4.69, 9.17) is 14.5 Å². The van der Waals surface area contributed by atoms with Gasteiger partial charge in [-0.15, -0.1) is 0 Å². The van der Waals surface area contributed by atoms with Gasteiger partial charge in [0.05, 0.1) is 17.4 Å². The Bertz CT molecular complexity index is 948. The lowest BCUT2D eigenvalue weighted by Crippen LogP contribution is -2.40. The van der Waals surface area contributed by atoms with Gasteiger partial charge in [-0.1, -0.05) is 19.9 Å². The van der Waals surface area contributed by atoms with Crippen molar-refractivity contribution in [3.8, 4) is 0 Å². The van der Waals surface area contributed by atoms with Crippen LogP contribution in [0.2, 0.25) is 0 Å². The number of aryl methyl sites for hydroxylation is 2. The molecule has 1 N–H and O–H groups in total. The molecule has 1 fully saturated rings. The summed E-state index contributed by atoms with van der Waals surface area (Å²) in [4.78, 5) is 20.9. The molecule has 0 saturated carbocycles. The summed E-state index contributed by atoms with van der Waals surface area (Å²) in [7, 11) is 0. The average molecular weight is 487 g/mol. The van der Waals surface area contributed by atoms with Gasteiger partial charge >= 0.3 is 5.97 Å². The molecule has 3 rings (SSSR count). The summed E-state index contributed by atoms with van der Waals surface area (Å²) in [6.45, 7) is 20.4. The van der Waals surface area contributed by atoms with Crippen LogP contribution in [-0.2, 0) is 14.3 Å². The van der Waals surface area contributed by atoms with Crippen molar-refractivity contribution in [3.05, 3.63) is 28.6 Å². The summed E-state index contributed by atoms with van der Waals surface area (Å²) in [6, 6.07) is 0. The number of piperidine rings is 1. The van der Waals surface area contributed by atoms with Gasteiger partial charge in [-0.25, -0.2) is 4.79 Å². The van der Waals surface area contributed by atoms with E-state index < -0.39 is 11.7 Å². The van der Waals surface area contributed by atoms with Crippen LogP contribution in [0, 0.1) is 25.2 Å². The third-order valence-electron chi connectivity index (χ3n) is 7.05. The predicted octanol–water partition coefficient (Wildman–Crippen LogP) is 5.92. The Morgan fingerprint density at radius 1 is 1.20 bits per heavy atom. The summed E-state index contributed by atoms with van der Waals surface area (Å²) in [5.74, 6) is 0.0220. The van der Waals surface area contributed by atoms with E-state index in [0.717, 1.165) is 67.0 Å². The molecule has 1 aliphatic heterocycles. The maximum Gasteiger partial charge on any atom is 0.340 e. The number of aromatic nitrogens is 1. The van der Waals surface area contributed by atoms with Gasteiger partial charge in [0.1, 0.15) is 0 Å². The number of hydrogen-bond acceptors (Lipinski definition) is 6. The van der Waals surface area contributed by atoms with E-state index in [1.165, 1.54) is 5.57 Å². The van der Waals surface area contributed by atoms with Gasteiger partial charge in [0.25, 0.3) is 0 Å². The van der Waals surface area contributed by atoms with E-state index in [1.54, 1.807) is 0 Å². The van der Waals surface area contributed by atoms with Crippen LogP contribution in [0.3, 0.4) is 0 Å². The number of hydrogen-bond donors (Lipinski definition) is 1. The van der Waals surface area contributed by atoms with Crippen molar-refractivity contribution in [1.82, 2.24) is 4.98 Å². The van der Waals surface area contributed by atoms with Crippen molar-refractivity contribution in [3.63, 3.8) is 0 Å². The number of carbonyl (C=O) groups excluding carboxylic acids is 1. The molecule has 1 unspecified atom stereocenters. The first-order chi connectivity index (χ1) is 16.2. The summed E-state index contributed by atoms with van der Waals surface area (Å²) in [5, 5.41) is 9.40. The van der Waals surface area contributed by atoms with Crippen LogP contribution in [0.4, 0.5) is 5.69 Å². The predicted molar refractivity (Wildman–Crippen MR) is 142 cm³/mol. The number of rotatable bonds is 8. The van der Waals surface area contributed by atoms with Crippen molar-refractivity contribution in [2.24, 2.45) is 11.3 Å². The highest BCUT2D eigenvalue weighted by Gasteiger charge is 2.38. The van der Waals surface area contributed by atoms with Crippen molar-refractivity contribution >= 4 is 17.2 Å². The quantitative estimate of drug-likeness (QED) is 0.460. The number of carbonyl (C=O) groups is 1. The highest BCUT2D eigenvalue weighted by Crippen LogP contribution is 2.47. The van der Waals surface area contributed by atoms with Gasteiger partial charge in [0.2, 0.25) is 0 Å². The number of ether oxygens (including phenoxy) is 2. The molecule has 1 aliphatic carbocycles. The third-order valence-corrected chi connectivity index (χ3v) is 7.05. The maximum atomic E-state index is 13.5. The number of esters is 1. The van der Waals surface area contributed by atoms with Crippen molar-refractivity contribution < 1.29 is 19.4 Å². The molecule has 0 spiro atoms. The van der Waals surface area contributed by atoms with Crippen LogP contribution >= 0.6 is 0 Å². The molecule has 0 amide bonds. The van der Waals surface area contributed by atoms with Crippen LogP contribution in [0.25, 0.3) is 5.57 Å². The fourth-order valence-corrected chi connectivity index (χ4v) is 5.15. The Hall–Kier alpha value is -1.92. The Morgan fingerprint density at radius 3 is 2.31 bits per heavy atom. The highest BCUT2D eigenvalue weighted by molar-refractivity contribution is 5.88. The fourth-order valence-electron chi connectivity index (χ4n) is 5.15. The highest BCUT2D eigenvalue weighted by atomic mass is 16.6. The molecule has 6 nitrogen and oxygen atoms in total. The van der Waals surface area contributed by atoms with E-state index >= 15 is 0 Å². The van der Waals surface area contributed by atoms with Gasteiger partial charge in [-0.2, -0.15) is 0 Å². The number of pyridine rings is 1. The fraction of sp³-hybridized carbons (Fsp3) is 0.724. The molecule has 0 radical (unpaired) electrons. The molecule has 0 aromatic carbocycles. The zero-order chi connectivity index (χ0) is 26.1. The lowest BCUT2D eigenvalue weighted by atomic mass is 9.77. The van der Waals surface area contributed by atoms with Gasteiger partial charge in [0, 0.05) is 42.2 Å². The molecule has 6 heteroatoms. The summed E-state index contributed by atoms with van der Waals surface area (Å²) < 4.78 is 12.1. The normalized spacial score (nSPS) is 20.9. The second-order valence-corrected chi connectivity index (χ2v) is 12.3. The number of aliphatic hydroxyl groups is 1. The Balaban J connectivity index is 2.21. The van der Waals surface area contributed by atoms with E-state index in [2.05, 4.69) is 31.7 Å². The first kappa shape index (κ1) is 27.7. The minimum atomic E-state index is -0.858. The minimum Gasteiger partial charge on any atom is -0.461 e. The topological polar surface area (TPSA) is 71.9 Å². The Labute approximate surface area is 212 Å². The van der Waals surface area contributed by atoms with E-state index in [1.807, 2.05) is 41.5 Å². The van der Waals surface area contributed by atoms with E-state index in [-0.39, 0.29) is 18.7 Å². The first-order valence-electron chi connectivity index (χ1n) is 13.2. The van der Waals surface area contributed by atoms with Crippen molar-refractivity contribution in [1.29, 1.82) is 0 Å². The van der Waals surface area contributed by atoms with Crippen LogP contribution in [0.1, 0.15) is 103 Å². The number of aliphatic hydroxyl groups excluding tert-OH is 1. The Morgan fingerprint density at radius 2 is 1.80 bits per heavy atom. The number of allylic oxidation sites excluding steroid dienone is 2. The molecule has 1 aromatic heterocycles. The zero-order valence-corrected chi connectivity index (χ0v) is 23.3. The van der Waals surface area contributed by atoms with Crippen LogP contribution in [-0.4, -0.2) is 47.5 Å². The van der Waals surface area contributed by atoms with Gasteiger partial charge in [0.15, 0.2) is 6.10 Å². The van der Waals surface area contributed by atoms with Gasteiger partial charge < -0.3 is 19.5 Å². The molecule has 1 aromatic rings. The van der Waals surface area contributed by atoms with Crippen LogP contribution < -0.4 is 4.90 Å². The lowest BCUT2D eigenvalue weighted by Gasteiger charge is -2.42. The molecule has 35 heavy (non-hydrogen) atoms. The first-order valence-corrected chi connectivity index (χ1v) is 13.2. The molecular formula is C29H46N2O4. The van der Waals surface area contributed by atoms with E-state index in [9.17, 15) is 9.90 Å². The number of anilines is 1. The van der Waals surface area contributed by atoms with Crippen LogP contribution in [0.5, 0.6) is 0 Å². The second kappa shape index (κ2) is 10.6. The summed E-state index contributed by atoms with van der Waals surface area (Å²) >= 11 is 0. The summed E-state index contributed by atoms with van der Waals surface area (Å²) in [5.41, 5.74) is 5.83. The standard InChI is InChI=1S/C29H46N2O4/c1-18(2)34-27(33)26(35-28(5,6)7)24-20(4)30-19(3)23(22-16-21(17-22)10-15-32)25(24)31-13-11-29(8,9)12-14-31/h16,18,21,26,32H,10-15,17H2,1-9H3/t21?,26-/m0/s1. The molecule has 0 bridgehead atoms. The SMILES string of the molecule is Cc1nc(C)c([C@H](OC(C)(C)C)C(=O)OC(C)C)c(N2CCC(C)(C)CC2)c1C1=CC(CCO)C1. The largest absolute Gasteiger partial charge is 0.461 e. The van der Waals surface area contributed by atoms with Crippen molar-refractivity contribution in [2.45, 2.75) is 106 Å². The molecule has 2 aliphatic rings. The summed E-state index contributed by atoms with van der Waals surface area (Å²) in [6.07, 6.45) is 5.03. The molecular weight excluding hydrogens is 440 g/mol. The number of nitrogens with zero attached hydrogens (tertiary/aromatic N) is 2. The average Bonchev–Trinajstić information content (AvgIpc) is 2.68. The second-order valence-electron chi connectivity index (χ2n) is 12.3. The monoisotopic (exact) mass is 486 g/mol. The van der Waals surface area contributed by atoms with Crippen molar-refractivity contribution in [2.75, 3.05) is 24.6 Å². The minimum absolute atomic E-state index is 0.196. The molecule has 1 saturated heterocycles. The van der Waals surface area contributed by atoms with Gasteiger partial charge in [-0.05, 0) is 91.1 Å². The maximum absolute atomic E-state index is 13.5. The molecule has 196 valence electrons. The zero-order valence-electron chi connectivity index (χ0n) is 23.3. The smallest absolute Gasteiger partial charge is 0.340 e. The Kier molecular flexibility index (Phi) is 8.37. The van der Waals surface area contributed by atoms with Gasteiger partial charge in [-0.3, -0.25) is 4.98 Å².